The van der Waals surface area contributed by atoms with Gasteiger partial charge in [0.15, 0.2) is 0 Å². The molecule has 3 N–H and O–H groups in total. The number of hydrogen-bond donors (Lipinski definition) is 3. The average Bonchev–Trinajstić information content (AvgIpc) is 2.75. The highest BCUT2D eigenvalue weighted by Crippen LogP contribution is 2.34. The van der Waals surface area contributed by atoms with Crippen LogP contribution in [-0.4, -0.2) is 69.3 Å². The number of aliphatic hydroxyl groups is 3. The first-order chi connectivity index (χ1) is 15.3. The molecule has 0 saturated carbocycles. The van der Waals surface area contributed by atoms with Gasteiger partial charge in [-0.3, -0.25) is 9.59 Å². The Morgan fingerprint density at radius 1 is 1.18 bits per heavy atom. The van der Waals surface area contributed by atoms with E-state index in [0.717, 1.165) is 38.7 Å². The third kappa shape index (κ3) is 8.39. The highest BCUT2D eigenvalue weighted by Gasteiger charge is 2.52. The van der Waals surface area contributed by atoms with Crippen LogP contribution < -0.4 is 0 Å². The summed E-state index contributed by atoms with van der Waals surface area (Å²) in [5, 5.41) is 32.0. The minimum Gasteiger partial charge on any atom is -0.458 e. The molecule has 33 heavy (non-hydrogen) atoms. The van der Waals surface area contributed by atoms with E-state index in [1.54, 1.807) is 0 Å². The smallest absolute Gasteiger partial charge is 0.330 e. The minimum atomic E-state index is -2.03. The van der Waals surface area contributed by atoms with Gasteiger partial charge in [-0.05, 0) is 33.3 Å². The molecule has 190 valence electrons. The van der Waals surface area contributed by atoms with E-state index in [1.165, 1.54) is 33.8 Å². The van der Waals surface area contributed by atoms with Gasteiger partial charge in [0, 0.05) is 18.9 Å². The number of ether oxygens (including phenoxy) is 3. The topological polar surface area (TPSA) is 140 Å². The Morgan fingerprint density at radius 3 is 2.39 bits per heavy atom. The predicted octanol–water partition coefficient (Wildman–Crippen LogP) is 2.05. The van der Waals surface area contributed by atoms with Crippen molar-refractivity contribution in [3.05, 3.63) is 12.2 Å². The fraction of sp³-hybridized carbons (Fsp3) is 0.792. The summed E-state index contributed by atoms with van der Waals surface area (Å²) in [5.41, 5.74) is -2.03. The van der Waals surface area contributed by atoms with E-state index in [1.807, 2.05) is 0 Å². The van der Waals surface area contributed by atoms with Gasteiger partial charge in [0.25, 0.3) is 0 Å². The molecule has 0 spiro atoms. The lowest BCUT2D eigenvalue weighted by Gasteiger charge is -2.40. The molecule has 1 aliphatic rings. The summed E-state index contributed by atoms with van der Waals surface area (Å²) in [7, 11) is 0. The van der Waals surface area contributed by atoms with E-state index in [-0.39, 0.29) is 0 Å². The molecule has 1 rings (SSSR count). The van der Waals surface area contributed by atoms with Crippen molar-refractivity contribution in [1.82, 2.24) is 0 Å². The van der Waals surface area contributed by atoms with Crippen molar-refractivity contribution >= 4 is 17.9 Å². The van der Waals surface area contributed by atoms with Crippen molar-refractivity contribution < 1.29 is 43.9 Å². The Bertz CT molecular complexity index is 687. The molecule has 8 atom stereocenters. The highest BCUT2D eigenvalue weighted by atomic mass is 16.6. The molecule has 9 nitrogen and oxygen atoms in total. The lowest BCUT2D eigenvalue weighted by atomic mass is 9.78. The maximum atomic E-state index is 12.6. The molecule has 1 saturated heterocycles. The van der Waals surface area contributed by atoms with E-state index in [0.29, 0.717) is 6.42 Å². The number of hydrogen-bond acceptors (Lipinski definition) is 9. The molecule has 0 bridgehead atoms. The second kappa shape index (κ2) is 13.1. The molecular weight excluding hydrogens is 432 g/mol. The van der Waals surface area contributed by atoms with E-state index in [9.17, 15) is 29.7 Å². The lowest BCUT2D eigenvalue weighted by Crippen LogP contribution is -2.58. The molecule has 0 aliphatic carbocycles. The average molecular weight is 473 g/mol. The largest absolute Gasteiger partial charge is 0.458 e. The molecule has 1 heterocycles. The number of carbonyl (C=O) groups is 3. The van der Waals surface area contributed by atoms with Crippen LogP contribution in [0.4, 0.5) is 0 Å². The van der Waals surface area contributed by atoms with Crippen LogP contribution in [0.5, 0.6) is 0 Å². The third-order valence-electron chi connectivity index (χ3n) is 6.13. The molecule has 0 aromatic carbocycles. The van der Waals surface area contributed by atoms with Gasteiger partial charge in [-0.15, -0.1) is 0 Å². The van der Waals surface area contributed by atoms with Crippen molar-refractivity contribution in [2.75, 3.05) is 0 Å². The standard InChI is InChI=1S/C24H40O9/c1-7-8-9-10-11-18(26)12-13-19(27)33-20-14(2)21(28)24(6,30)22(32-17(5)25)15(3)23(29)31-16(20)4/h12-16,18,20-22,26,28,30H,7-11H2,1-6H3/t14-,15-,16+,18-,20-,21+,22-,24-/m1/s1. The zero-order valence-electron chi connectivity index (χ0n) is 20.5. The molecule has 9 heteroatoms. The van der Waals surface area contributed by atoms with Gasteiger partial charge in [0.2, 0.25) is 0 Å². The van der Waals surface area contributed by atoms with Crippen LogP contribution in [0.25, 0.3) is 0 Å². The number of rotatable bonds is 9. The number of unbranched alkanes of at least 4 members (excludes halogenated alkanes) is 3. The zero-order chi connectivity index (χ0) is 25.3. The summed E-state index contributed by atoms with van der Waals surface area (Å²) in [6.45, 7) is 8.96. The maximum absolute atomic E-state index is 12.6. The SMILES string of the molecule is CCCCCC[C@@H](O)C=CC(=O)O[C@@H]1[C@@H](C)[C@H](O)[C@@](C)(O)[C@H](OC(C)=O)[C@@H](C)C(=O)O[C@H]1C. The quantitative estimate of drug-likeness (QED) is 0.199. The summed E-state index contributed by atoms with van der Waals surface area (Å²) >= 11 is 0. The van der Waals surface area contributed by atoms with Gasteiger partial charge in [-0.2, -0.15) is 0 Å². The first-order valence-corrected chi connectivity index (χ1v) is 11.7. The van der Waals surface area contributed by atoms with Gasteiger partial charge in [0.05, 0.1) is 18.1 Å². The maximum Gasteiger partial charge on any atom is 0.330 e. The summed E-state index contributed by atoms with van der Waals surface area (Å²) in [4.78, 5) is 36.6. The van der Waals surface area contributed by atoms with Crippen molar-refractivity contribution in [1.29, 1.82) is 0 Å². The van der Waals surface area contributed by atoms with Crippen LogP contribution in [0, 0.1) is 11.8 Å². The van der Waals surface area contributed by atoms with E-state index >= 15 is 0 Å². The Balaban J connectivity index is 3.01. The van der Waals surface area contributed by atoms with Crippen LogP contribution in [0.3, 0.4) is 0 Å². The molecule has 1 aliphatic heterocycles. The fourth-order valence-corrected chi connectivity index (χ4v) is 4.14. The fourth-order valence-electron chi connectivity index (χ4n) is 4.14. The first-order valence-electron chi connectivity index (χ1n) is 11.7. The lowest BCUT2D eigenvalue weighted by molar-refractivity contribution is -0.198. The summed E-state index contributed by atoms with van der Waals surface area (Å²) in [5.74, 6) is -4.24. The van der Waals surface area contributed by atoms with Gasteiger partial charge in [-0.25, -0.2) is 4.79 Å². The number of cyclic esters (lactones) is 1. The van der Waals surface area contributed by atoms with Gasteiger partial charge in [-0.1, -0.05) is 39.5 Å². The number of carbonyl (C=O) groups excluding carboxylic acids is 3. The van der Waals surface area contributed by atoms with E-state index in [4.69, 9.17) is 14.2 Å². The number of esters is 3. The normalized spacial score (nSPS) is 34.0. The first kappa shape index (κ1) is 29.1. The highest BCUT2D eigenvalue weighted by molar-refractivity contribution is 5.82. The van der Waals surface area contributed by atoms with Crippen LogP contribution in [0.2, 0.25) is 0 Å². The summed E-state index contributed by atoms with van der Waals surface area (Å²) < 4.78 is 16.1. The molecule has 0 radical (unpaired) electrons. The van der Waals surface area contributed by atoms with Crippen LogP contribution in [-0.2, 0) is 28.6 Å². The van der Waals surface area contributed by atoms with E-state index < -0.39 is 65.9 Å². The van der Waals surface area contributed by atoms with Gasteiger partial charge >= 0.3 is 17.9 Å². The molecule has 0 unspecified atom stereocenters. The van der Waals surface area contributed by atoms with Crippen LogP contribution in [0.15, 0.2) is 12.2 Å². The predicted molar refractivity (Wildman–Crippen MR) is 120 cm³/mol. The molecule has 1 fully saturated rings. The Labute approximate surface area is 196 Å². The van der Waals surface area contributed by atoms with Crippen molar-refractivity contribution in [2.45, 2.75) is 110 Å². The Morgan fingerprint density at radius 2 is 1.82 bits per heavy atom. The number of aliphatic hydroxyl groups excluding tert-OH is 2. The minimum absolute atomic E-state index is 0.522. The second-order valence-corrected chi connectivity index (χ2v) is 9.17. The monoisotopic (exact) mass is 472 g/mol. The van der Waals surface area contributed by atoms with Gasteiger partial charge in [0.1, 0.15) is 23.9 Å². The summed E-state index contributed by atoms with van der Waals surface area (Å²) in [6, 6.07) is 0. The third-order valence-corrected chi connectivity index (χ3v) is 6.13. The second-order valence-electron chi connectivity index (χ2n) is 9.17. The molecule has 0 amide bonds. The van der Waals surface area contributed by atoms with E-state index in [2.05, 4.69) is 6.92 Å². The Kier molecular flexibility index (Phi) is 11.5. The molecule has 0 aromatic rings. The van der Waals surface area contributed by atoms with Gasteiger partial charge < -0.3 is 29.5 Å². The zero-order valence-corrected chi connectivity index (χ0v) is 20.5. The molecule has 0 aromatic heterocycles. The molecular formula is C24H40O9. The van der Waals surface area contributed by atoms with Crippen molar-refractivity contribution in [3.8, 4) is 0 Å². The van der Waals surface area contributed by atoms with Crippen LogP contribution in [0.1, 0.15) is 73.6 Å². The van der Waals surface area contributed by atoms with Crippen molar-refractivity contribution in [3.63, 3.8) is 0 Å². The van der Waals surface area contributed by atoms with Crippen molar-refractivity contribution in [2.24, 2.45) is 11.8 Å². The summed E-state index contributed by atoms with van der Waals surface area (Å²) in [6.07, 6.45) is 1.24. The Hall–Kier alpha value is -1.97. The van der Waals surface area contributed by atoms with Crippen LogP contribution >= 0.6 is 0 Å².